The molecule has 17 heavy (non-hydrogen) atoms. The van der Waals surface area contributed by atoms with E-state index >= 15 is 0 Å². The third-order valence-corrected chi connectivity index (χ3v) is 4.68. The van der Waals surface area contributed by atoms with Gasteiger partial charge in [0.05, 0.1) is 12.2 Å². The lowest BCUT2D eigenvalue weighted by molar-refractivity contribution is 0.112. The first-order valence-electron chi connectivity index (χ1n) is 6.48. The molecule has 0 radical (unpaired) electrons. The SMILES string of the molecule is Cc1nc(CN2CCCCC2CCO)sc1C. The van der Waals surface area contributed by atoms with Gasteiger partial charge in [-0.3, -0.25) is 4.90 Å². The van der Waals surface area contributed by atoms with Gasteiger partial charge in [0.1, 0.15) is 5.01 Å². The fourth-order valence-corrected chi connectivity index (χ4v) is 3.48. The summed E-state index contributed by atoms with van der Waals surface area (Å²) < 4.78 is 0. The van der Waals surface area contributed by atoms with Gasteiger partial charge in [-0.1, -0.05) is 6.42 Å². The topological polar surface area (TPSA) is 36.4 Å². The summed E-state index contributed by atoms with van der Waals surface area (Å²) in [5.41, 5.74) is 1.17. The van der Waals surface area contributed by atoms with Crippen molar-refractivity contribution in [2.24, 2.45) is 0 Å². The van der Waals surface area contributed by atoms with Gasteiger partial charge < -0.3 is 5.11 Å². The number of likely N-dealkylation sites (tertiary alicyclic amines) is 1. The van der Waals surface area contributed by atoms with Gasteiger partial charge in [0, 0.05) is 17.5 Å². The van der Waals surface area contributed by atoms with E-state index in [1.807, 2.05) is 11.3 Å². The third-order valence-electron chi connectivity index (χ3n) is 3.62. The molecule has 3 nitrogen and oxygen atoms in total. The van der Waals surface area contributed by atoms with Crippen LogP contribution in [0.1, 0.15) is 41.3 Å². The lowest BCUT2D eigenvalue weighted by Crippen LogP contribution is -2.39. The maximum atomic E-state index is 9.11. The highest BCUT2D eigenvalue weighted by atomic mass is 32.1. The van der Waals surface area contributed by atoms with E-state index in [-0.39, 0.29) is 0 Å². The molecule has 1 unspecified atom stereocenters. The van der Waals surface area contributed by atoms with E-state index in [0.29, 0.717) is 12.6 Å². The number of piperidine rings is 1. The smallest absolute Gasteiger partial charge is 0.107 e. The molecule has 1 fully saturated rings. The quantitative estimate of drug-likeness (QED) is 0.897. The van der Waals surface area contributed by atoms with Crippen molar-refractivity contribution in [3.05, 3.63) is 15.6 Å². The Kier molecular flexibility index (Phi) is 4.54. The molecule has 1 N–H and O–H groups in total. The van der Waals surface area contributed by atoms with Crippen molar-refractivity contribution in [3.63, 3.8) is 0 Å². The first kappa shape index (κ1) is 13.0. The highest BCUT2D eigenvalue weighted by molar-refractivity contribution is 7.11. The molecule has 1 aliphatic rings. The molecule has 96 valence electrons. The van der Waals surface area contributed by atoms with Crippen molar-refractivity contribution >= 4 is 11.3 Å². The number of hydrogen-bond acceptors (Lipinski definition) is 4. The Balaban J connectivity index is 2.00. The molecule has 2 rings (SSSR count). The van der Waals surface area contributed by atoms with Gasteiger partial charge in [-0.15, -0.1) is 11.3 Å². The van der Waals surface area contributed by atoms with Gasteiger partial charge in [-0.2, -0.15) is 0 Å². The largest absolute Gasteiger partial charge is 0.396 e. The van der Waals surface area contributed by atoms with Crippen molar-refractivity contribution in [1.82, 2.24) is 9.88 Å². The summed E-state index contributed by atoms with van der Waals surface area (Å²) in [5.74, 6) is 0. The van der Waals surface area contributed by atoms with Crippen LogP contribution in [0.15, 0.2) is 0 Å². The number of aliphatic hydroxyl groups excluding tert-OH is 1. The molecule has 2 heterocycles. The summed E-state index contributed by atoms with van der Waals surface area (Å²) in [4.78, 5) is 8.44. The van der Waals surface area contributed by atoms with Crippen molar-refractivity contribution in [2.75, 3.05) is 13.2 Å². The van der Waals surface area contributed by atoms with E-state index in [1.54, 1.807) is 0 Å². The van der Waals surface area contributed by atoms with Gasteiger partial charge in [0.25, 0.3) is 0 Å². The van der Waals surface area contributed by atoms with Crippen molar-refractivity contribution in [3.8, 4) is 0 Å². The van der Waals surface area contributed by atoms with Crippen LogP contribution in [0.4, 0.5) is 0 Å². The molecule has 1 aromatic heterocycles. The van der Waals surface area contributed by atoms with E-state index in [1.165, 1.54) is 34.8 Å². The Morgan fingerprint density at radius 3 is 2.88 bits per heavy atom. The molecule has 1 saturated heterocycles. The van der Waals surface area contributed by atoms with Crippen LogP contribution in [0.5, 0.6) is 0 Å². The minimum absolute atomic E-state index is 0.303. The fraction of sp³-hybridized carbons (Fsp3) is 0.769. The van der Waals surface area contributed by atoms with Crippen molar-refractivity contribution in [1.29, 1.82) is 0 Å². The van der Waals surface area contributed by atoms with Crippen LogP contribution in [0.25, 0.3) is 0 Å². The molecule has 1 aliphatic heterocycles. The summed E-state index contributed by atoms with van der Waals surface area (Å²) in [6, 6.07) is 0.554. The summed E-state index contributed by atoms with van der Waals surface area (Å²) in [6.45, 7) is 6.64. The van der Waals surface area contributed by atoms with Gasteiger partial charge in [-0.25, -0.2) is 4.98 Å². The Bertz CT molecular complexity index is 343. The molecule has 1 atom stereocenters. The maximum Gasteiger partial charge on any atom is 0.107 e. The standard InChI is InChI=1S/C13H22N2OS/c1-10-11(2)17-13(14-10)9-15-7-4-3-5-12(15)6-8-16/h12,16H,3-9H2,1-2H3. The molecular formula is C13H22N2OS. The number of aromatic nitrogens is 1. The van der Waals surface area contributed by atoms with Gasteiger partial charge in [-0.05, 0) is 39.7 Å². The number of rotatable bonds is 4. The normalized spacial score (nSPS) is 21.9. The van der Waals surface area contributed by atoms with E-state index in [9.17, 15) is 0 Å². The second-order valence-corrected chi connectivity index (χ2v) is 6.17. The second-order valence-electron chi connectivity index (χ2n) is 4.88. The summed E-state index contributed by atoms with van der Waals surface area (Å²) >= 11 is 1.81. The highest BCUT2D eigenvalue weighted by Gasteiger charge is 2.22. The van der Waals surface area contributed by atoms with Crippen LogP contribution >= 0.6 is 11.3 Å². The zero-order valence-electron chi connectivity index (χ0n) is 10.8. The monoisotopic (exact) mass is 254 g/mol. The zero-order chi connectivity index (χ0) is 12.3. The predicted molar refractivity (Wildman–Crippen MR) is 71.3 cm³/mol. The fourth-order valence-electron chi connectivity index (χ4n) is 2.52. The first-order chi connectivity index (χ1) is 8.20. The lowest BCUT2D eigenvalue weighted by Gasteiger charge is -2.34. The van der Waals surface area contributed by atoms with Gasteiger partial charge in [0.15, 0.2) is 0 Å². The Labute approximate surface area is 107 Å². The molecule has 0 saturated carbocycles. The minimum Gasteiger partial charge on any atom is -0.396 e. The molecule has 0 spiro atoms. The molecule has 4 heteroatoms. The zero-order valence-corrected chi connectivity index (χ0v) is 11.6. The van der Waals surface area contributed by atoms with Crippen LogP contribution in [0, 0.1) is 13.8 Å². The summed E-state index contributed by atoms with van der Waals surface area (Å²) in [6.07, 6.45) is 4.72. The number of nitrogens with zero attached hydrogens (tertiary/aromatic N) is 2. The van der Waals surface area contributed by atoms with E-state index in [0.717, 1.165) is 19.5 Å². The molecule has 0 aliphatic carbocycles. The van der Waals surface area contributed by atoms with E-state index in [2.05, 4.69) is 23.7 Å². The number of aryl methyl sites for hydroxylation is 2. The maximum absolute atomic E-state index is 9.11. The number of aliphatic hydroxyl groups is 1. The Morgan fingerprint density at radius 1 is 1.41 bits per heavy atom. The predicted octanol–water partition coefficient (Wildman–Crippen LogP) is 2.50. The van der Waals surface area contributed by atoms with Crippen LogP contribution in [-0.4, -0.2) is 34.2 Å². The molecule has 1 aromatic rings. The van der Waals surface area contributed by atoms with Crippen molar-refractivity contribution in [2.45, 2.75) is 52.1 Å². The molecule has 0 amide bonds. The highest BCUT2D eigenvalue weighted by Crippen LogP contribution is 2.24. The number of thiazole rings is 1. The molecule has 0 bridgehead atoms. The average molecular weight is 254 g/mol. The van der Waals surface area contributed by atoms with Crippen LogP contribution in [-0.2, 0) is 6.54 Å². The van der Waals surface area contributed by atoms with Crippen molar-refractivity contribution < 1.29 is 5.11 Å². The van der Waals surface area contributed by atoms with Gasteiger partial charge >= 0.3 is 0 Å². The lowest BCUT2D eigenvalue weighted by atomic mass is 10.00. The van der Waals surface area contributed by atoms with E-state index in [4.69, 9.17) is 5.11 Å². The molecular weight excluding hydrogens is 232 g/mol. The average Bonchev–Trinajstić information content (AvgIpc) is 2.61. The Hall–Kier alpha value is -0.450. The van der Waals surface area contributed by atoms with Crippen LogP contribution in [0.3, 0.4) is 0 Å². The Morgan fingerprint density at radius 2 is 2.24 bits per heavy atom. The third kappa shape index (κ3) is 3.27. The minimum atomic E-state index is 0.303. The van der Waals surface area contributed by atoms with E-state index < -0.39 is 0 Å². The van der Waals surface area contributed by atoms with Crippen LogP contribution in [0.2, 0.25) is 0 Å². The summed E-state index contributed by atoms with van der Waals surface area (Å²) in [5, 5.41) is 10.3. The second kappa shape index (κ2) is 5.94. The summed E-state index contributed by atoms with van der Waals surface area (Å²) in [7, 11) is 0. The van der Waals surface area contributed by atoms with Gasteiger partial charge in [0.2, 0.25) is 0 Å². The van der Waals surface area contributed by atoms with Crippen LogP contribution < -0.4 is 0 Å². The first-order valence-corrected chi connectivity index (χ1v) is 7.30. The molecule has 0 aromatic carbocycles. The number of hydrogen-bond donors (Lipinski definition) is 1.